The third-order valence-electron chi connectivity index (χ3n) is 8.62. The average molecular weight is 579 g/mol. The lowest BCUT2D eigenvalue weighted by atomic mass is 9.71. The molecule has 13 atom stereocenters. The lowest BCUT2D eigenvalue weighted by Gasteiger charge is -2.52. The molecule has 232 valence electrons. The van der Waals surface area contributed by atoms with Crippen molar-refractivity contribution in [3.05, 3.63) is 0 Å². The number of carbonyl (C=O) groups excluding carboxylic acids is 1. The Balaban J connectivity index is 1.57. The van der Waals surface area contributed by atoms with Gasteiger partial charge in [-0.05, 0) is 19.9 Å². The zero-order valence-electron chi connectivity index (χ0n) is 22.9. The van der Waals surface area contributed by atoms with Gasteiger partial charge in [0.2, 0.25) is 0 Å². The second-order valence-electron chi connectivity index (χ2n) is 12.2. The van der Waals surface area contributed by atoms with E-state index in [2.05, 4.69) is 10.6 Å². The molecule has 15 nitrogen and oxygen atoms in total. The highest BCUT2D eigenvalue weighted by atomic mass is 16.7. The summed E-state index contributed by atoms with van der Waals surface area (Å²) in [5.74, 6) is -1.75. The van der Waals surface area contributed by atoms with Crippen LogP contribution in [-0.4, -0.2) is 146 Å². The Morgan fingerprint density at radius 3 is 2.30 bits per heavy atom. The van der Waals surface area contributed by atoms with Crippen LogP contribution in [0.5, 0.6) is 0 Å². The fourth-order valence-electron chi connectivity index (χ4n) is 6.36. The largest absolute Gasteiger partial charge is 0.390 e. The summed E-state index contributed by atoms with van der Waals surface area (Å²) in [6, 6.07) is -2.17. The van der Waals surface area contributed by atoms with Crippen LogP contribution in [0.25, 0.3) is 0 Å². The van der Waals surface area contributed by atoms with Crippen molar-refractivity contribution in [1.29, 1.82) is 0 Å². The number of carbonyl (C=O) groups is 1. The number of hydrogen-bond acceptors (Lipinski definition) is 14. The molecule has 0 bridgehead atoms. The van der Waals surface area contributed by atoms with Crippen LogP contribution >= 0.6 is 0 Å². The number of aliphatic hydroxyl groups excluding tert-OH is 5. The SMILES string of the molecule is CCNC[C@H]1O[C@H](C2[C@@H](N)C[C@@H](NC(=O)C3(O)CC(N)C3)[C@H](O[C@H]3OC[C@](C)(O)C[C@H]3O)[C@H]2O)[C@H](O)[C@@H](O)[C@@H]1O. The van der Waals surface area contributed by atoms with Gasteiger partial charge in [-0.1, -0.05) is 6.92 Å². The summed E-state index contributed by atoms with van der Waals surface area (Å²) in [5.41, 5.74) is 9.26. The molecular weight excluding hydrogens is 532 g/mol. The molecule has 15 heteroatoms. The molecule has 13 N–H and O–H groups in total. The molecule has 4 aliphatic rings. The highest BCUT2D eigenvalue weighted by Gasteiger charge is 2.56. The first-order valence-electron chi connectivity index (χ1n) is 14.0. The van der Waals surface area contributed by atoms with Crippen LogP contribution in [0.3, 0.4) is 0 Å². The minimum Gasteiger partial charge on any atom is -0.390 e. The predicted molar refractivity (Wildman–Crippen MR) is 137 cm³/mol. The number of rotatable bonds is 8. The summed E-state index contributed by atoms with van der Waals surface area (Å²) < 4.78 is 17.5. The van der Waals surface area contributed by atoms with Gasteiger partial charge in [-0.3, -0.25) is 4.79 Å². The Bertz CT molecular complexity index is 878. The van der Waals surface area contributed by atoms with Gasteiger partial charge in [-0.2, -0.15) is 0 Å². The van der Waals surface area contributed by atoms with Crippen molar-refractivity contribution in [2.24, 2.45) is 17.4 Å². The molecule has 2 aliphatic carbocycles. The summed E-state index contributed by atoms with van der Waals surface area (Å²) in [7, 11) is 0. The van der Waals surface area contributed by atoms with E-state index in [1.807, 2.05) is 6.92 Å². The van der Waals surface area contributed by atoms with Gasteiger partial charge in [-0.25, -0.2) is 0 Å². The fraction of sp³-hybridized carbons (Fsp3) is 0.960. The standard InChI is InChI=1S/C25H46N4O11/c1-3-28-8-14-16(31)18(33)19(34)21(39-14)15-11(27)4-12(29-23(35)25(37)5-10(26)6-25)20(17(15)32)40-22-13(30)7-24(2,36)9-38-22/h10-22,28,30-34,36-37H,3-9,26-27H2,1-2H3,(H,29,35)/t10?,11-,12+,13+,14+,15?,16+,17-,18-,19+,20-,21+,22+,24+,25?/m0/s1. The number of ether oxygens (including phenoxy) is 3. The molecule has 4 rings (SSSR count). The lowest BCUT2D eigenvalue weighted by molar-refractivity contribution is -0.297. The normalized spacial score (nSPS) is 51.6. The molecule has 0 aromatic carbocycles. The first-order chi connectivity index (χ1) is 18.7. The van der Waals surface area contributed by atoms with E-state index in [0.717, 1.165) is 0 Å². The van der Waals surface area contributed by atoms with Crippen LogP contribution in [0.4, 0.5) is 0 Å². The van der Waals surface area contributed by atoms with Crippen molar-refractivity contribution in [1.82, 2.24) is 10.6 Å². The average Bonchev–Trinajstić information content (AvgIpc) is 2.85. The second-order valence-corrected chi connectivity index (χ2v) is 12.2. The van der Waals surface area contributed by atoms with E-state index in [1.165, 1.54) is 6.92 Å². The highest BCUT2D eigenvalue weighted by Crippen LogP contribution is 2.38. The summed E-state index contributed by atoms with van der Waals surface area (Å²) in [5, 5.41) is 80.7. The zero-order valence-corrected chi connectivity index (χ0v) is 22.9. The summed E-state index contributed by atoms with van der Waals surface area (Å²) in [6.07, 6.45) is -12.0. The maximum absolute atomic E-state index is 13.0. The Morgan fingerprint density at radius 1 is 1.02 bits per heavy atom. The Hall–Kier alpha value is -1.05. The Kier molecular flexibility index (Phi) is 9.79. The number of nitrogens with one attached hydrogen (secondary N) is 2. The maximum atomic E-state index is 13.0. The molecule has 40 heavy (non-hydrogen) atoms. The molecular formula is C25H46N4O11. The topological polar surface area (TPSA) is 262 Å². The van der Waals surface area contributed by atoms with E-state index in [-0.39, 0.29) is 44.9 Å². The molecule has 0 radical (unpaired) electrons. The smallest absolute Gasteiger partial charge is 0.252 e. The van der Waals surface area contributed by atoms with Crippen molar-refractivity contribution in [3.63, 3.8) is 0 Å². The molecule has 2 saturated carbocycles. The van der Waals surface area contributed by atoms with Gasteiger partial charge >= 0.3 is 0 Å². The molecule has 2 saturated heterocycles. The third-order valence-corrected chi connectivity index (χ3v) is 8.62. The molecule has 2 heterocycles. The minimum atomic E-state index is -1.68. The number of amides is 1. The van der Waals surface area contributed by atoms with E-state index < -0.39 is 90.2 Å². The Morgan fingerprint density at radius 2 is 1.70 bits per heavy atom. The van der Waals surface area contributed by atoms with Crippen LogP contribution in [0.15, 0.2) is 0 Å². The first-order valence-corrected chi connectivity index (χ1v) is 14.0. The van der Waals surface area contributed by atoms with Crippen LogP contribution in [0, 0.1) is 5.92 Å². The van der Waals surface area contributed by atoms with E-state index >= 15 is 0 Å². The number of hydrogen-bond donors (Lipinski definition) is 11. The first kappa shape index (κ1) is 31.9. The molecule has 2 aliphatic heterocycles. The molecule has 1 amide bonds. The van der Waals surface area contributed by atoms with E-state index in [4.69, 9.17) is 25.7 Å². The fourth-order valence-corrected chi connectivity index (χ4v) is 6.36. The van der Waals surface area contributed by atoms with Crippen LogP contribution in [-0.2, 0) is 19.0 Å². The second kappa shape index (κ2) is 12.3. The van der Waals surface area contributed by atoms with E-state index in [0.29, 0.717) is 6.54 Å². The minimum absolute atomic E-state index is 0.00387. The maximum Gasteiger partial charge on any atom is 0.252 e. The molecule has 0 spiro atoms. The van der Waals surface area contributed by atoms with Gasteiger partial charge in [-0.15, -0.1) is 0 Å². The number of likely N-dealkylation sites (N-methyl/N-ethyl adjacent to an activating group) is 1. The lowest BCUT2D eigenvalue weighted by Crippen LogP contribution is -2.71. The van der Waals surface area contributed by atoms with Gasteiger partial charge in [0, 0.05) is 43.8 Å². The van der Waals surface area contributed by atoms with Gasteiger partial charge < -0.3 is 72.1 Å². The molecule has 1 unspecified atom stereocenters. The number of aliphatic hydroxyl groups is 7. The van der Waals surface area contributed by atoms with Gasteiger partial charge in [0.15, 0.2) is 6.29 Å². The quantitative estimate of drug-likeness (QED) is 0.129. The van der Waals surface area contributed by atoms with Crippen molar-refractivity contribution in [2.45, 2.75) is 124 Å². The predicted octanol–water partition coefficient (Wildman–Crippen LogP) is -5.27. The molecule has 0 aromatic rings. The van der Waals surface area contributed by atoms with Crippen molar-refractivity contribution in [2.75, 3.05) is 19.7 Å². The van der Waals surface area contributed by atoms with Crippen LogP contribution in [0.1, 0.15) is 39.5 Å². The van der Waals surface area contributed by atoms with Crippen LogP contribution < -0.4 is 22.1 Å². The van der Waals surface area contributed by atoms with Crippen molar-refractivity contribution in [3.8, 4) is 0 Å². The van der Waals surface area contributed by atoms with Gasteiger partial charge in [0.25, 0.3) is 5.91 Å². The summed E-state index contributed by atoms with van der Waals surface area (Å²) >= 11 is 0. The van der Waals surface area contributed by atoms with Gasteiger partial charge in [0.1, 0.15) is 36.1 Å². The van der Waals surface area contributed by atoms with E-state index in [1.54, 1.807) is 0 Å². The van der Waals surface area contributed by atoms with Crippen LogP contribution in [0.2, 0.25) is 0 Å². The van der Waals surface area contributed by atoms with Crippen molar-refractivity contribution < 1.29 is 54.8 Å². The van der Waals surface area contributed by atoms with Gasteiger partial charge in [0.05, 0.1) is 36.6 Å². The number of nitrogens with two attached hydrogens (primary N) is 2. The molecule has 4 fully saturated rings. The zero-order chi connectivity index (χ0) is 29.6. The van der Waals surface area contributed by atoms with Crippen molar-refractivity contribution >= 4 is 5.91 Å². The van der Waals surface area contributed by atoms with E-state index in [9.17, 15) is 40.5 Å². The Labute approximate surface area is 232 Å². The summed E-state index contributed by atoms with van der Waals surface area (Å²) in [4.78, 5) is 13.0. The molecule has 0 aromatic heterocycles. The third kappa shape index (κ3) is 6.46. The summed E-state index contributed by atoms with van der Waals surface area (Å²) in [6.45, 7) is 3.92. The monoisotopic (exact) mass is 578 g/mol. The highest BCUT2D eigenvalue weighted by molar-refractivity contribution is 5.86.